The molecule has 0 bridgehead atoms. The maximum Gasteiger partial charge on any atom is 0.0300 e. The van der Waals surface area contributed by atoms with Crippen molar-refractivity contribution in [3.05, 3.63) is 30.1 Å². The summed E-state index contributed by atoms with van der Waals surface area (Å²) in [4.78, 5) is 4.14. The molecule has 1 fully saturated rings. The maximum absolute atomic E-state index is 4.14. The van der Waals surface area contributed by atoms with E-state index in [0.29, 0.717) is 0 Å². The lowest BCUT2D eigenvalue weighted by atomic mass is 10.2. The molecule has 2 unspecified atom stereocenters. The van der Waals surface area contributed by atoms with Gasteiger partial charge in [-0.2, -0.15) is 11.8 Å². The van der Waals surface area contributed by atoms with E-state index < -0.39 is 0 Å². The van der Waals surface area contributed by atoms with Crippen LogP contribution in [0, 0.1) is 0 Å². The van der Waals surface area contributed by atoms with Gasteiger partial charge in [-0.1, -0.05) is 13.0 Å². The molecule has 0 aliphatic heterocycles. The first-order valence-electron chi connectivity index (χ1n) is 6.62. The minimum Gasteiger partial charge on any atom is -0.314 e. The number of rotatable bonds is 6. The number of pyridine rings is 1. The molecule has 2 rings (SSSR count). The minimum absolute atomic E-state index is 0.746. The fraction of sp³-hybridized carbons (Fsp3) is 0.643. The molecule has 2 atom stereocenters. The van der Waals surface area contributed by atoms with E-state index in [2.05, 4.69) is 35.1 Å². The average molecular weight is 250 g/mol. The minimum atomic E-state index is 0.746. The van der Waals surface area contributed by atoms with Gasteiger partial charge >= 0.3 is 0 Å². The zero-order chi connectivity index (χ0) is 11.9. The van der Waals surface area contributed by atoms with Crippen LogP contribution in [0.4, 0.5) is 0 Å². The third-order valence-corrected chi connectivity index (χ3v) is 4.59. The van der Waals surface area contributed by atoms with E-state index in [9.17, 15) is 0 Å². The molecular weight excluding hydrogens is 228 g/mol. The lowest BCUT2D eigenvalue weighted by Crippen LogP contribution is -2.28. The predicted octanol–water partition coefficient (Wildman–Crippen LogP) is 2.89. The van der Waals surface area contributed by atoms with Crippen molar-refractivity contribution in [2.75, 3.05) is 12.3 Å². The van der Waals surface area contributed by atoms with Crippen LogP contribution >= 0.6 is 11.8 Å². The highest BCUT2D eigenvalue weighted by molar-refractivity contribution is 7.99. The highest BCUT2D eigenvalue weighted by Gasteiger charge is 2.23. The second-order valence-electron chi connectivity index (χ2n) is 4.65. The van der Waals surface area contributed by atoms with Gasteiger partial charge in [-0.25, -0.2) is 0 Å². The first-order chi connectivity index (χ1) is 8.38. The molecule has 0 spiro atoms. The van der Waals surface area contributed by atoms with Crippen molar-refractivity contribution in [3.63, 3.8) is 0 Å². The van der Waals surface area contributed by atoms with Gasteiger partial charge in [0.05, 0.1) is 0 Å². The molecule has 3 heteroatoms. The molecule has 1 aromatic heterocycles. The SMILES string of the molecule is CCSC1CCC(NCCc2cccnc2)C1. The second kappa shape index (κ2) is 7.02. The summed E-state index contributed by atoms with van der Waals surface area (Å²) < 4.78 is 0. The Balaban J connectivity index is 1.63. The molecule has 1 aliphatic carbocycles. The van der Waals surface area contributed by atoms with Gasteiger partial charge in [0, 0.05) is 23.7 Å². The Labute approximate surface area is 109 Å². The van der Waals surface area contributed by atoms with Crippen LogP contribution in [-0.2, 0) is 6.42 Å². The summed E-state index contributed by atoms with van der Waals surface area (Å²) >= 11 is 2.12. The first kappa shape index (κ1) is 12.9. The number of hydrogen-bond acceptors (Lipinski definition) is 3. The molecule has 1 N–H and O–H groups in total. The molecule has 1 heterocycles. The number of hydrogen-bond donors (Lipinski definition) is 1. The smallest absolute Gasteiger partial charge is 0.0300 e. The Morgan fingerprint density at radius 1 is 1.47 bits per heavy atom. The molecule has 94 valence electrons. The quantitative estimate of drug-likeness (QED) is 0.840. The monoisotopic (exact) mass is 250 g/mol. The Bertz CT molecular complexity index is 315. The van der Waals surface area contributed by atoms with E-state index >= 15 is 0 Å². The van der Waals surface area contributed by atoms with Gasteiger partial charge in [0.15, 0.2) is 0 Å². The van der Waals surface area contributed by atoms with E-state index in [1.807, 2.05) is 18.5 Å². The fourth-order valence-corrected chi connectivity index (χ4v) is 3.62. The van der Waals surface area contributed by atoms with E-state index in [1.54, 1.807) is 0 Å². The van der Waals surface area contributed by atoms with E-state index in [4.69, 9.17) is 0 Å². The summed E-state index contributed by atoms with van der Waals surface area (Å²) in [5.41, 5.74) is 1.33. The van der Waals surface area contributed by atoms with Crippen LogP contribution in [0.25, 0.3) is 0 Å². The lowest BCUT2D eigenvalue weighted by molar-refractivity contribution is 0.528. The number of thioether (sulfide) groups is 1. The van der Waals surface area contributed by atoms with Crippen LogP contribution in [0.3, 0.4) is 0 Å². The average Bonchev–Trinajstić information content (AvgIpc) is 2.79. The standard InChI is InChI=1S/C14H22N2S/c1-2-17-14-6-5-13(10-14)16-9-7-12-4-3-8-15-11-12/h3-4,8,11,13-14,16H,2,5-7,9-10H2,1H3. The van der Waals surface area contributed by atoms with Gasteiger partial charge in [0.2, 0.25) is 0 Å². The fourth-order valence-electron chi connectivity index (χ4n) is 2.48. The summed E-state index contributed by atoms with van der Waals surface area (Å²) in [5, 5.41) is 4.58. The van der Waals surface area contributed by atoms with Crippen molar-refractivity contribution in [1.29, 1.82) is 0 Å². The summed E-state index contributed by atoms with van der Waals surface area (Å²) in [7, 11) is 0. The molecule has 0 radical (unpaired) electrons. The van der Waals surface area contributed by atoms with Crippen molar-refractivity contribution in [2.24, 2.45) is 0 Å². The summed E-state index contributed by atoms with van der Waals surface area (Å²) in [6, 6.07) is 4.91. The summed E-state index contributed by atoms with van der Waals surface area (Å²) in [6.45, 7) is 3.34. The molecule has 0 amide bonds. The van der Waals surface area contributed by atoms with E-state index in [0.717, 1.165) is 24.3 Å². The molecule has 0 aromatic carbocycles. The Hall–Kier alpha value is -0.540. The van der Waals surface area contributed by atoms with Crippen molar-refractivity contribution >= 4 is 11.8 Å². The zero-order valence-electron chi connectivity index (χ0n) is 10.6. The Kier molecular flexibility index (Phi) is 5.33. The van der Waals surface area contributed by atoms with Crippen molar-refractivity contribution < 1.29 is 0 Å². The van der Waals surface area contributed by atoms with Crippen LogP contribution in [0.5, 0.6) is 0 Å². The molecule has 1 aliphatic rings. The highest BCUT2D eigenvalue weighted by Crippen LogP contribution is 2.29. The predicted molar refractivity (Wildman–Crippen MR) is 75.5 cm³/mol. The third kappa shape index (κ3) is 4.32. The first-order valence-corrected chi connectivity index (χ1v) is 7.67. The zero-order valence-corrected chi connectivity index (χ0v) is 11.4. The topological polar surface area (TPSA) is 24.9 Å². The third-order valence-electron chi connectivity index (χ3n) is 3.36. The van der Waals surface area contributed by atoms with Gasteiger partial charge in [0.25, 0.3) is 0 Å². The van der Waals surface area contributed by atoms with Crippen molar-refractivity contribution in [2.45, 2.75) is 43.9 Å². The number of aromatic nitrogens is 1. The maximum atomic E-state index is 4.14. The molecule has 2 nitrogen and oxygen atoms in total. The normalized spacial score (nSPS) is 24.1. The lowest BCUT2D eigenvalue weighted by Gasteiger charge is -2.12. The van der Waals surface area contributed by atoms with Crippen LogP contribution in [0.1, 0.15) is 31.7 Å². The van der Waals surface area contributed by atoms with Gasteiger partial charge in [-0.3, -0.25) is 4.98 Å². The van der Waals surface area contributed by atoms with Crippen molar-refractivity contribution in [3.8, 4) is 0 Å². The largest absolute Gasteiger partial charge is 0.314 e. The van der Waals surface area contributed by atoms with E-state index in [1.165, 1.54) is 30.6 Å². The number of nitrogens with zero attached hydrogens (tertiary/aromatic N) is 1. The van der Waals surface area contributed by atoms with Crippen molar-refractivity contribution in [1.82, 2.24) is 10.3 Å². The summed E-state index contributed by atoms with van der Waals surface area (Å²) in [5.74, 6) is 1.26. The van der Waals surface area contributed by atoms with Crippen LogP contribution < -0.4 is 5.32 Å². The Morgan fingerprint density at radius 3 is 3.18 bits per heavy atom. The van der Waals surface area contributed by atoms with Gasteiger partial charge < -0.3 is 5.32 Å². The van der Waals surface area contributed by atoms with E-state index in [-0.39, 0.29) is 0 Å². The molecule has 17 heavy (non-hydrogen) atoms. The Morgan fingerprint density at radius 2 is 2.41 bits per heavy atom. The van der Waals surface area contributed by atoms with Gasteiger partial charge in [-0.15, -0.1) is 0 Å². The second-order valence-corrected chi connectivity index (χ2v) is 6.23. The van der Waals surface area contributed by atoms with Crippen LogP contribution in [-0.4, -0.2) is 28.6 Å². The highest BCUT2D eigenvalue weighted by atomic mass is 32.2. The van der Waals surface area contributed by atoms with Crippen LogP contribution in [0.2, 0.25) is 0 Å². The molecule has 0 saturated heterocycles. The molecule has 1 aromatic rings. The van der Waals surface area contributed by atoms with Gasteiger partial charge in [-0.05, 0) is 49.6 Å². The molecular formula is C14H22N2S. The van der Waals surface area contributed by atoms with Crippen LogP contribution in [0.15, 0.2) is 24.5 Å². The number of nitrogens with one attached hydrogen (secondary N) is 1. The molecule has 1 saturated carbocycles. The summed E-state index contributed by atoms with van der Waals surface area (Å²) in [6.07, 6.45) is 8.99. The van der Waals surface area contributed by atoms with Gasteiger partial charge in [0.1, 0.15) is 0 Å².